The van der Waals surface area contributed by atoms with Gasteiger partial charge in [-0.3, -0.25) is 0 Å². The van der Waals surface area contributed by atoms with Crippen LogP contribution in [0, 0.1) is 6.92 Å². The Labute approximate surface area is 220 Å². The molecule has 1 aliphatic heterocycles. The van der Waals surface area contributed by atoms with Crippen LogP contribution >= 0.6 is 0 Å². The SMILES string of the molecule is CC.CCC(C)c1cc2c(cc1Oc1ccccc1C)c1cc3c(cc1n2C)Oc1ccccc1[Se]3. The van der Waals surface area contributed by atoms with E-state index < -0.39 is 0 Å². The van der Waals surface area contributed by atoms with Crippen LogP contribution in [0.1, 0.15) is 51.2 Å². The number of fused-ring (bicyclic) bond motifs is 5. The van der Waals surface area contributed by atoms with Gasteiger partial charge < -0.3 is 0 Å². The summed E-state index contributed by atoms with van der Waals surface area (Å²) in [7, 11) is 2.15. The van der Waals surface area contributed by atoms with Gasteiger partial charge in [0, 0.05) is 0 Å². The molecule has 0 saturated carbocycles. The fourth-order valence-electron chi connectivity index (χ4n) is 4.75. The normalized spacial score (nSPS) is 12.8. The summed E-state index contributed by atoms with van der Waals surface area (Å²) in [4.78, 5) is 0. The van der Waals surface area contributed by atoms with Crippen LogP contribution in [0.15, 0.2) is 72.8 Å². The van der Waals surface area contributed by atoms with Crippen molar-refractivity contribution in [2.45, 2.75) is 47.0 Å². The Morgan fingerprint density at radius 2 is 1.53 bits per heavy atom. The van der Waals surface area contributed by atoms with Crippen molar-refractivity contribution in [2.24, 2.45) is 7.05 Å². The molecule has 1 aromatic heterocycles. The van der Waals surface area contributed by atoms with Gasteiger partial charge in [0.15, 0.2) is 0 Å². The quantitative estimate of drug-likeness (QED) is 0.213. The van der Waals surface area contributed by atoms with Crippen LogP contribution in [0.5, 0.6) is 23.0 Å². The molecule has 5 aromatic rings. The molecule has 1 unspecified atom stereocenters. The molecule has 1 atom stereocenters. The third-order valence-corrected chi connectivity index (χ3v) is 9.25. The molecule has 0 fully saturated rings. The minimum atomic E-state index is 0.220. The van der Waals surface area contributed by atoms with E-state index in [0.29, 0.717) is 5.92 Å². The van der Waals surface area contributed by atoms with Crippen molar-refractivity contribution >= 4 is 45.7 Å². The van der Waals surface area contributed by atoms with Crippen LogP contribution in [-0.4, -0.2) is 19.5 Å². The van der Waals surface area contributed by atoms with Gasteiger partial charge in [0.05, 0.1) is 0 Å². The molecule has 0 radical (unpaired) electrons. The first-order chi connectivity index (χ1) is 17.5. The van der Waals surface area contributed by atoms with Gasteiger partial charge in [-0.1, -0.05) is 13.8 Å². The predicted octanol–water partition coefficient (Wildman–Crippen LogP) is 7.73. The van der Waals surface area contributed by atoms with Gasteiger partial charge in [-0.05, 0) is 0 Å². The molecule has 0 saturated heterocycles. The summed E-state index contributed by atoms with van der Waals surface area (Å²) in [6, 6.07) is 25.8. The van der Waals surface area contributed by atoms with Gasteiger partial charge in [0.1, 0.15) is 0 Å². The molecule has 0 amide bonds. The predicted molar refractivity (Wildman–Crippen MR) is 153 cm³/mol. The number of aryl methyl sites for hydroxylation is 2. The first kappa shape index (κ1) is 24.5. The minimum absolute atomic E-state index is 0.220. The van der Waals surface area contributed by atoms with E-state index in [4.69, 9.17) is 9.47 Å². The number of nitrogens with zero attached hydrogens (tertiary/aromatic N) is 1. The number of hydrogen-bond donors (Lipinski definition) is 0. The summed E-state index contributed by atoms with van der Waals surface area (Å²) < 4.78 is 17.8. The Morgan fingerprint density at radius 1 is 0.833 bits per heavy atom. The molecule has 6 rings (SSSR count). The van der Waals surface area contributed by atoms with E-state index >= 15 is 0 Å². The number of rotatable bonds is 4. The van der Waals surface area contributed by atoms with E-state index in [1.807, 2.05) is 26.0 Å². The molecule has 0 bridgehead atoms. The Hall–Kier alpha value is -3.20. The van der Waals surface area contributed by atoms with Gasteiger partial charge in [-0.25, -0.2) is 0 Å². The molecule has 2 heterocycles. The molecular formula is C32H33NO2Se. The number of para-hydroxylation sites is 2. The zero-order valence-corrected chi connectivity index (χ0v) is 23.6. The van der Waals surface area contributed by atoms with Gasteiger partial charge in [0.25, 0.3) is 0 Å². The number of hydrogen-bond acceptors (Lipinski definition) is 2. The van der Waals surface area contributed by atoms with Gasteiger partial charge >= 0.3 is 207 Å². The summed E-state index contributed by atoms with van der Waals surface area (Å²) in [6.07, 6.45) is 1.06. The topological polar surface area (TPSA) is 23.4 Å². The van der Waals surface area contributed by atoms with Crippen molar-refractivity contribution in [3.8, 4) is 23.0 Å². The third-order valence-electron chi connectivity index (χ3n) is 6.95. The Kier molecular flexibility index (Phi) is 6.83. The van der Waals surface area contributed by atoms with Crippen molar-refractivity contribution in [2.75, 3.05) is 0 Å². The molecule has 4 aromatic carbocycles. The fourth-order valence-corrected chi connectivity index (χ4v) is 6.79. The van der Waals surface area contributed by atoms with E-state index in [9.17, 15) is 0 Å². The average molecular weight is 543 g/mol. The molecule has 36 heavy (non-hydrogen) atoms. The van der Waals surface area contributed by atoms with Crippen LogP contribution in [0.4, 0.5) is 0 Å². The van der Waals surface area contributed by atoms with Gasteiger partial charge in [0.2, 0.25) is 0 Å². The molecule has 0 N–H and O–H groups in total. The number of ether oxygens (including phenoxy) is 2. The van der Waals surface area contributed by atoms with Crippen LogP contribution in [0.25, 0.3) is 21.8 Å². The summed E-state index contributed by atoms with van der Waals surface area (Å²) in [5, 5.41) is 2.48. The number of benzene rings is 4. The van der Waals surface area contributed by atoms with Gasteiger partial charge in [-0.15, -0.1) is 0 Å². The molecular weight excluding hydrogens is 509 g/mol. The zero-order valence-electron chi connectivity index (χ0n) is 21.9. The van der Waals surface area contributed by atoms with E-state index in [1.54, 1.807) is 0 Å². The monoisotopic (exact) mass is 543 g/mol. The maximum absolute atomic E-state index is 6.56. The molecule has 1 aliphatic rings. The molecule has 4 heteroatoms. The molecule has 0 aliphatic carbocycles. The number of aromatic nitrogens is 1. The Morgan fingerprint density at radius 3 is 2.31 bits per heavy atom. The first-order valence-electron chi connectivity index (χ1n) is 12.8. The van der Waals surface area contributed by atoms with Gasteiger partial charge in [-0.2, -0.15) is 0 Å². The maximum atomic E-state index is 6.56. The Bertz CT molecular complexity index is 1570. The summed E-state index contributed by atoms with van der Waals surface area (Å²) in [5.74, 6) is 4.23. The average Bonchev–Trinajstić information content (AvgIpc) is 3.17. The second kappa shape index (κ2) is 10.0. The molecule has 0 spiro atoms. The van der Waals surface area contributed by atoms with Crippen LogP contribution in [-0.2, 0) is 7.05 Å². The fraction of sp³-hybridized carbons (Fsp3) is 0.250. The van der Waals surface area contributed by atoms with Crippen molar-refractivity contribution < 1.29 is 9.47 Å². The van der Waals surface area contributed by atoms with Crippen molar-refractivity contribution in [1.29, 1.82) is 0 Å². The summed E-state index contributed by atoms with van der Waals surface area (Å²) in [5.41, 5.74) is 4.81. The van der Waals surface area contributed by atoms with E-state index in [1.165, 1.54) is 36.3 Å². The summed E-state index contributed by atoms with van der Waals surface area (Å²) in [6.45, 7) is 10.6. The van der Waals surface area contributed by atoms with Crippen LogP contribution < -0.4 is 18.4 Å². The third kappa shape index (κ3) is 4.19. The standard InChI is InChI=1S/C30H27NO2Se.C2H6/c1-5-18(2)20-14-23-21(15-27(20)32-25-11-7-6-10-19(25)3)22-16-30-28(17-24(22)31(23)4)33-26-12-8-9-13-29(26)34-30;1-2/h6-18H,5H2,1-4H3;1-2H3. The van der Waals surface area contributed by atoms with Crippen LogP contribution in [0.3, 0.4) is 0 Å². The summed E-state index contributed by atoms with van der Waals surface area (Å²) >= 11 is 0.220. The van der Waals surface area contributed by atoms with Crippen molar-refractivity contribution in [3.63, 3.8) is 0 Å². The van der Waals surface area contributed by atoms with Crippen LogP contribution in [0.2, 0.25) is 0 Å². The first-order valence-corrected chi connectivity index (χ1v) is 14.5. The zero-order chi connectivity index (χ0) is 25.4. The van der Waals surface area contributed by atoms with E-state index in [2.05, 4.69) is 93.0 Å². The molecule has 3 nitrogen and oxygen atoms in total. The second-order valence-electron chi connectivity index (χ2n) is 9.11. The molecule has 184 valence electrons. The van der Waals surface area contributed by atoms with E-state index in [0.717, 1.165) is 35.0 Å². The van der Waals surface area contributed by atoms with Crippen molar-refractivity contribution in [1.82, 2.24) is 4.57 Å². The Balaban J connectivity index is 0.00000130. The van der Waals surface area contributed by atoms with Crippen molar-refractivity contribution in [3.05, 3.63) is 83.9 Å². The second-order valence-corrected chi connectivity index (χ2v) is 11.4. The van der Waals surface area contributed by atoms with E-state index in [-0.39, 0.29) is 15.0 Å².